The van der Waals surface area contributed by atoms with Crippen LogP contribution in [-0.4, -0.2) is 25.4 Å². The second-order valence-electron chi connectivity index (χ2n) is 3.46. The van der Waals surface area contributed by atoms with Gasteiger partial charge in [0.1, 0.15) is 0 Å². The molecule has 0 aliphatic carbocycles. The van der Waals surface area contributed by atoms with E-state index >= 15 is 0 Å². The van der Waals surface area contributed by atoms with Gasteiger partial charge < -0.3 is 10.1 Å². The molecule has 1 aromatic carbocycles. The van der Waals surface area contributed by atoms with E-state index < -0.39 is 12.3 Å². The molecule has 1 atom stereocenters. The van der Waals surface area contributed by atoms with Crippen LogP contribution in [0.15, 0.2) is 28.7 Å². The fourth-order valence-corrected chi connectivity index (χ4v) is 1.55. The van der Waals surface area contributed by atoms with Crippen molar-refractivity contribution in [2.45, 2.75) is 19.2 Å². The molecule has 1 N–H and O–H groups in total. The van der Waals surface area contributed by atoms with E-state index in [1.54, 1.807) is 0 Å². The molecule has 0 spiro atoms. The quantitative estimate of drug-likeness (QED) is 0.834. The summed E-state index contributed by atoms with van der Waals surface area (Å²) in [6.07, 6.45) is -6.03. The van der Waals surface area contributed by atoms with Gasteiger partial charge in [-0.1, -0.05) is 12.1 Å². The standard InChI is InChI=1S/C11H13BrF3NO/c1-8(11(13,14)15)17-7-6-16-10-5-3-2-4-9(10)12/h2-5,8,16H,6-7H2,1H3. The summed E-state index contributed by atoms with van der Waals surface area (Å²) in [6.45, 7) is 1.32. The van der Waals surface area contributed by atoms with Crippen molar-refractivity contribution in [1.29, 1.82) is 0 Å². The molecule has 6 heteroatoms. The van der Waals surface area contributed by atoms with Gasteiger partial charge >= 0.3 is 6.18 Å². The fourth-order valence-electron chi connectivity index (χ4n) is 1.12. The van der Waals surface area contributed by atoms with E-state index in [2.05, 4.69) is 26.0 Å². The second-order valence-corrected chi connectivity index (χ2v) is 4.32. The van der Waals surface area contributed by atoms with E-state index in [-0.39, 0.29) is 6.61 Å². The third-order valence-corrected chi connectivity index (χ3v) is 2.81. The predicted octanol–water partition coefficient (Wildman–Crippen LogP) is 3.83. The molecule has 0 radical (unpaired) electrons. The van der Waals surface area contributed by atoms with Gasteiger partial charge in [0.2, 0.25) is 0 Å². The van der Waals surface area contributed by atoms with Crippen molar-refractivity contribution in [3.63, 3.8) is 0 Å². The summed E-state index contributed by atoms with van der Waals surface area (Å²) in [5.74, 6) is 0. The van der Waals surface area contributed by atoms with Crippen LogP contribution >= 0.6 is 15.9 Å². The molecule has 0 bridgehead atoms. The van der Waals surface area contributed by atoms with Gasteiger partial charge in [-0.25, -0.2) is 0 Å². The van der Waals surface area contributed by atoms with Crippen molar-refractivity contribution < 1.29 is 17.9 Å². The van der Waals surface area contributed by atoms with Crippen molar-refractivity contribution in [3.8, 4) is 0 Å². The zero-order valence-corrected chi connectivity index (χ0v) is 10.8. The molecule has 0 aromatic heterocycles. The van der Waals surface area contributed by atoms with Crippen LogP contribution in [0.5, 0.6) is 0 Å². The Bertz CT molecular complexity index is 357. The van der Waals surface area contributed by atoms with Crippen LogP contribution in [0, 0.1) is 0 Å². The largest absolute Gasteiger partial charge is 0.414 e. The fraction of sp³-hybridized carbons (Fsp3) is 0.455. The van der Waals surface area contributed by atoms with Crippen LogP contribution in [0.2, 0.25) is 0 Å². The number of ether oxygens (including phenoxy) is 1. The third-order valence-electron chi connectivity index (χ3n) is 2.12. The highest BCUT2D eigenvalue weighted by molar-refractivity contribution is 9.10. The summed E-state index contributed by atoms with van der Waals surface area (Å²) < 4.78 is 41.9. The number of alkyl halides is 3. The van der Waals surface area contributed by atoms with E-state index in [1.165, 1.54) is 0 Å². The van der Waals surface area contributed by atoms with Gasteiger partial charge in [0.25, 0.3) is 0 Å². The molecular weight excluding hydrogens is 299 g/mol. The lowest BCUT2D eigenvalue weighted by Gasteiger charge is -2.16. The number of para-hydroxylation sites is 1. The lowest BCUT2D eigenvalue weighted by atomic mass is 10.3. The molecule has 0 aliphatic rings. The molecule has 1 unspecified atom stereocenters. The molecule has 0 amide bonds. The van der Waals surface area contributed by atoms with Crippen LogP contribution < -0.4 is 5.32 Å². The number of halogens is 4. The zero-order chi connectivity index (χ0) is 12.9. The Kier molecular flexibility index (Phi) is 5.27. The number of hydrogen-bond donors (Lipinski definition) is 1. The van der Waals surface area contributed by atoms with Crippen molar-refractivity contribution in [3.05, 3.63) is 28.7 Å². The van der Waals surface area contributed by atoms with Gasteiger partial charge in [-0.3, -0.25) is 0 Å². The Hall–Kier alpha value is -0.750. The Morgan fingerprint density at radius 2 is 2.00 bits per heavy atom. The normalized spacial score (nSPS) is 13.5. The highest BCUT2D eigenvalue weighted by Gasteiger charge is 2.36. The maximum absolute atomic E-state index is 12.1. The second kappa shape index (κ2) is 6.26. The average Bonchev–Trinajstić information content (AvgIpc) is 2.25. The summed E-state index contributed by atoms with van der Waals surface area (Å²) in [5, 5.41) is 2.98. The molecule has 2 nitrogen and oxygen atoms in total. The van der Waals surface area contributed by atoms with Crippen LogP contribution in [0.25, 0.3) is 0 Å². The Balaban J connectivity index is 2.28. The van der Waals surface area contributed by atoms with Gasteiger partial charge in [0, 0.05) is 16.7 Å². The van der Waals surface area contributed by atoms with Gasteiger partial charge in [0.05, 0.1) is 6.61 Å². The first-order valence-corrected chi connectivity index (χ1v) is 5.87. The molecule has 0 fully saturated rings. The van der Waals surface area contributed by atoms with Gasteiger partial charge in [-0.05, 0) is 35.0 Å². The number of benzene rings is 1. The number of nitrogens with one attached hydrogen (secondary N) is 1. The highest BCUT2D eigenvalue weighted by atomic mass is 79.9. The minimum Gasteiger partial charge on any atom is -0.382 e. The molecule has 0 saturated carbocycles. The molecular formula is C11H13BrF3NO. The number of hydrogen-bond acceptors (Lipinski definition) is 2. The summed E-state index contributed by atoms with van der Waals surface area (Å²) in [6, 6.07) is 7.38. The van der Waals surface area contributed by atoms with Crippen LogP contribution in [-0.2, 0) is 4.74 Å². The smallest absolute Gasteiger partial charge is 0.382 e. The SMILES string of the molecule is CC(OCCNc1ccccc1Br)C(F)(F)F. The predicted molar refractivity (Wildman–Crippen MR) is 64.1 cm³/mol. The molecule has 0 aliphatic heterocycles. The third kappa shape index (κ3) is 4.95. The van der Waals surface area contributed by atoms with Crippen LogP contribution in [0.4, 0.5) is 18.9 Å². The van der Waals surface area contributed by atoms with Crippen LogP contribution in [0.3, 0.4) is 0 Å². The summed E-state index contributed by atoms with van der Waals surface area (Å²) in [7, 11) is 0. The van der Waals surface area contributed by atoms with E-state index in [1.807, 2.05) is 24.3 Å². The van der Waals surface area contributed by atoms with E-state index in [9.17, 15) is 13.2 Å². The minimum atomic E-state index is -4.30. The Labute approximate surface area is 106 Å². The molecule has 1 aromatic rings. The lowest BCUT2D eigenvalue weighted by Crippen LogP contribution is -2.30. The van der Waals surface area contributed by atoms with Gasteiger partial charge in [-0.15, -0.1) is 0 Å². The average molecular weight is 312 g/mol. The minimum absolute atomic E-state index is 0.00199. The molecule has 0 heterocycles. The first kappa shape index (κ1) is 14.3. The van der Waals surface area contributed by atoms with E-state index in [0.717, 1.165) is 17.1 Å². The Morgan fingerprint density at radius 3 is 2.59 bits per heavy atom. The molecule has 96 valence electrons. The Morgan fingerprint density at radius 1 is 1.35 bits per heavy atom. The number of anilines is 1. The maximum atomic E-state index is 12.1. The van der Waals surface area contributed by atoms with E-state index in [0.29, 0.717) is 6.54 Å². The summed E-state index contributed by atoms with van der Waals surface area (Å²) in [5.41, 5.74) is 0.829. The first-order valence-electron chi connectivity index (χ1n) is 5.08. The monoisotopic (exact) mass is 311 g/mol. The summed E-state index contributed by atoms with van der Waals surface area (Å²) in [4.78, 5) is 0. The van der Waals surface area contributed by atoms with Crippen molar-refractivity contribution in [2.75, 3.05) is 18.5 Å². The van der Waals surface area contributed by atoms with E-state index in [4.69, 9.17) is 0 Å². The number of rotatable bonds is 5. The maximum Gasteiger partial charge on any atom is 0.414 e. The lowest BCUT2D eigenvalue weighted by molar-refractivity contribution is -0.213. The first-order chi connectivity index (χ1) is 7.91. The van der Waals surface area contributed by atoms with Gasteiger partial charge in [-0.2, -0.15) is 13.2 Å². The highest BCUT2D eigenvalue weighted by Crippen LogP contribution is 2.23. The summed E-state index contributed by atoms with van der Waals surface area (Å²) >= 11 is 3.33. The molecule has 0 saturated heterocycles. The molecule has 1 rings (SSSR count). The van der Waals surface area contributed by atoms with Crippen molar-refractivity contribution in [1.82, 2.24) is 0 Å². The van der Waals surface area contributed by atoms with Crippen LogP contribution in [0.1, 0.15) is 6.92 Å². The van der Waals surface area contributed by atoms with Gasteiger partial charge in [0.15, 0.2) is 6.10 Å². The molecule has 17 heavy (non-hydrogen) atoms. The topological polar surface area (TPSA) is 21.3 Å². The van der Waals surface area contributed by atoms with Crippen molar-refractivity contribution in [2.24, 2.45) is 0 Å². The van der Waals surface area contributed by atoms with Crippen molar-refractivity contribution >= 4 is 21.6 Å². The zero-order valence-electron chi connectivity index (χ0n) is 9.22.